The molecule has 0 aliphatic carbocycles. The van der Waals surface area contributed by atoms with Crippen LogP contribution in [0.4, 0.5) is 16.2 Å². The minimum atomic E-state index is -1.23. The fourth-order valence-electron chi connectivity index (χ4n) is 3.74. The summed E-state index contributed by atoms with van der Waals surface area (Å²) < 4.78 is 0. The molecule has 1 atom stereocenters. The van der Waals surface area contributed by atoms with Crippen molar-refractivity contribution in [2.45, 2.75) is 32.9 Å². The average molecular weight is 406 g/mol. The molecular formula is C22H22N4O4. The van der Waals surface area contributed by atoms with Crippen molar-refractivity contribution in [2.75, 3.05) is 11.4 Å². The number of hydrogen-bond donors (Lipinski definition) is 3. The second-order valence-electron chi connectivity index (χ2n) is 7.43. The number of carboxylic acid groups (broad SMARTS) is 1. The Morgan fingerprint density at radius 2 is 1.90 bits per heavy atom. The maximum absolute atomic E-state index is 11.9. The van der Waals surface area contributed by atoms with E-state index in [-0.39, 0.29) is 5.56 Å². The Kier molecular flexibility index (Phi) is 5.09. The van der Waals surface area contributed by atoms with E-state index in [1.807, 2.05) is 43.0 Å². The number of aryl methyl sites for hydroxylation is 3. The van der Waals surface area contributed by atoms with Crippen LogP contribution in [0.15, 0.2) is 46.4 Å². The first-order valence-electron chi connectivity index (χ1n) is 9.71. The van der Waals surface area contributed by atoms with Gasteiger partial charge in [-0.15, -0.1) is 0 Å². The van der Waals surface area contributed by atoms with E-state index in [0.29, 0.717) is 36.6 Å². The van der Waals surface area contributed by atoms with E-state index in [1.54, 1.807) is 12.1 Å². The summed E-state index contributed by atoms with van der Waals surface area (Å²) in [6.45, 7) is 4.48. The van der Waals surface area contributed by atoms with Crippen molar-refractivity contribution >= 4 is 34.9 Å². The van der Waals surface area contributed by atoms with Crippen LogP contribution in [-0.4, -0.2) is 46.5 Å². The van der Waals surface area contributed by atoms with Crippen molar-refractivity contribution in [3.63, 3.8) is 0 Å². The van der Waals surface area contributed by atoms with E-state index in [0.717, 1.165) is 22.4 Å². The summed E-state index contributed by atoms with van der Waals surface area (Å²) in [7, 11) is 0. The Balaban J connectivity index is 1.66. The van der Waals surface area contributed by atoms with Gasteiger partial charge in [0.15, 0.2) is 12.1 Å². The number of aliphatic imine (C=N–C) groups is 2. The highest BCUT2D eigenvalue weighted by Crippen LogP contribution is 2.36. The lowest BCUT2D eigenvalue weighted by molar-refractivity contribution is 0.0695. The third-order valence-electron chi connectivity index (χ3n) is 5.41. The summed E-state index contributed by atoms with van der Waals surface area (Å²) in [6.07, 6.45) is -0.0519. The van der Waals surface area contributed by atoms with E-state index in [2.05, 4.69) is 15.3 Å². The molecule has 2 aliphatic heterocycles. The molecule has 2 aromatic rings. The van der Waals surface area contributed by atoms with Gasteiger partial charge >= 0.3 is 12.0 Å². The van der Waals surface area contributed by atoms with Gasteiger partial charge < -0.3 is 20.4 Å². The van der Waals surface area contributed by atoms with Gasteiger partial charge in [0.05, 0.1) is 16.9 Å². The molecule has 4 rings (SSSR count). The summed E-state index contributed by atoms with van der Waals surface area (Å²) in [5.74, 6) is -0.626. The number of amides is 2. The Bertz CT molecular complexity index is 1110. The molecule has 30 heavy (non-hydrogen) atoms. The molecule has 0 saturated heterocycles. The SMILES string of the molecule is Cc1cc2c(cc1C)N(CCCc1ccccc1C(=O)O)C1=NC(=O)NC(O)C1=N2. The number of urea groups is 1. The number of carbonyl (C=O) groups excluding carboxylic acids is 1. The van der Waals surface area contributed by atoms with Crippen LogP contribution in [0.3, 0.4) is 0 Å². The number of nitrogens with zero attached hydrogens (tertiary/aromatic N) is 3. The molecule has 2 amide bonds. The van der Waals surface area contributed by atoms with Gasteiger partial charge in [0.2, 0.25) is 0 Å². The Labute approximate surface area is 173 Å². The van der Waals surface area contributed by atoms with Crippen molar-refractivity contribution in [1.82, 2.24) is 5.32 Å². The van der Waals surface area contributed by atoms with E-state index in [9.17, 15) is 19.8 Å². The molecule has 1 unspecified atom stereocenters. The second kappa shape index (κ2) is 7.72. The van der Waals surface area contributed by atoms with Gasteiger partial charge in [-0.1, -0.05) is 18.2 Å². The molecule has 154 valence electrons. The summed E-state index contributed by atoms with van der Waals surface area (Å²) in [4.78, 5) is 33.9. The van der Waals surface area contributed by atoms with Gasteiger partial charge in [0.25, 0.3) is 0 Å². The van der Waals surface area contributed by atoms with Crippen LogP contribution in [0.2, 0.25) is 0 Å². The number of benzene rings is 2. The molecule has 8 nitrogen and oxygen atoms in total. The molecule has 3 N–H and O–H groups in total. The number of carbonyl (C=O) groups is 2. The maximum atomic E-state index is 11.9. The molecule has 0 aromatic heterocycles. The maximum Gasteiger partial charge on any atom is 0.345 e. The zero-order valence-corrected chi connectivity index (χ0v) is 16.7. The van der Waals surface area contributed by atoms with E-state index < -0.39 is 18.2 Å². The van der Waals surface area contributed by atoms with Gasteiger partial charge in [-0.3, -0.25) is 0 Å². The number of aliphatic hydroxyl groups is 1. The molecule has 0 fully saturated rings. The first kappa shape index (κ1) is 19.8. The van der Waals surface area contributed by atoms with Gasteiger partial charge in [0.1, 0.15) is 5.71 Å². The van der Waals surface area contributed by atoms with Gasteiger partial charge in [0, 0.05) is 6.54 Å². The summed E-state index contributed by atoms with van der Waals surface area (Å²) in [6, 6.07) is 10.3. The van der Waals surface area contributed by atoms with Crippen LogP contribution < -0.4 is 10.2 Å². The first-order valence-corrected chi connectivity index (χ1v) is 9.71. The zero-order chi connectivity index (χ0) is 21.4. The van der Waals surface area contributed by atoms with Gasteiger partial charge in [-0.2, -0.15) is 4.99 Å². The van der Waals surface area contributed by atoms with Gasteiger partial charge in [-0.05, 0) is 61.6 Å². The number of carboxylic acids is 1. The monoisotopic (exact) mass is 406 g/mol. The van der Waals surface area contributed by atoms with Crippen LogP contribution >= 0.6 is 0 Å². The molecule has 2 heterocycles. The number of fused-ring (bicyclic) bond motifs is 2. The lowest BCUT2D eigenvalue weighted by Crippen LogP contribution is -2.54. The standard InChI is InChI=1S/C22H22N4O4/c1-12-10-16-17(11-13(12)2)26(19-18(23-16)20(27)25-22(30)24-19)9-5-7-14-6-3-4-8-15(14)21(28)29/h3-4,6,8,10-11,20,27H,5,7,9H2,1-2H3,(H,25,30)(H,28,29). The van der Waals surface area contributed by atoms with Crippen molar-refractivity contribution in [3.8, 4) is 0 Å². The van der Waals surface area contributed by atoms with Crippen LogP contribution in [-0.2, 0) is 6.42 Å². The van der Waals surface area contributed by atoms with Crippen LogP contribution in [0, 0.1) is 13.8 Å². The van der Waals surface area contributed by atoms with E-state index in [4.69, 9.17) is 0 Å². The molecule has 2 aromatic carbocycles. The van der Waals surface area contributed by atoms with Gasteiger partial charge in [-0.25, -0.2) is 14.6 Å². The second-order valence-corrected chi connectivity index (χ2v) is 7.43. The highest BCUT2D eigenvalue weighted by molar-refractivity contribution is 6.51. The quantitative estimate of drug-likeness (QED) is 0.706. The third-order valence-corrected chi connectivity index (χ3v) is 5.41. The summed E-state index contributed by atoms with van der Waals surface area (Å²) in [5, 5.41) is 22.1. The topological polar surface area (TPSA) is 115 Å². The minimum Gasteiger partial charge on any atom is -0.478 e. The Morgan fingerprint density at radius 3 is 2.67 bits per heavy atom. The molecule has 2 aliphatic rings. The van der Waals surface area contributed by atoms with Crippen molar-refractivity contribution in [1.29, 1.82) is 0 Å². The highest BCUT2D eigenvalue weighted by atomic mass is 16.4. The number of aliphatic hydroxyl groups excluding tert-OH is 1. The molecule has 0 bridgehead atoms. The summed E-state index contributed by atoms with van der Waals surface area (Å²) >= 11 is 0. The van der Waals surface area contributed by atoms with E-state index >= 15 is 0 Å². The number of nitrogens with one attached hydrogen (secondary N) is 1. The normalized spacial score (nSPS) is 17.5. The molecule has 0 saturated carbocycles. The number of amidine groups is 1. The minimum absolute atomic E-state index is 0.287. The van der Waals surface area contributed by atoms with Crippen LogP contribution in [0.5, 0.6) is 0 Å². The fourth-order valence-corrected chi connectivity index (χ4v) is 3.74. The number of rotatable bonds is 5. The zero-order valence-electron chi connectivity index (χ0n) is 16.7. The van der Waals surface area contributed by atoms with Crippen molar-refractivity contribution in [3.05, 3.63) is 58.7 Å². The Hall–Kier alpha value is -3.52. The van der Waals surface area contributed by atoms with Crippen LogP contribution in [0.25, 0.3) is 0 Å². The molecule has 0 radical (unpaired) electrons. The average Bonchev–Trinajstić information content (AvgIpc) is 2.70. The number of aromatic carboxylic acids is 1. The predicted octanol–water partition coefficient (Wildman–Crippen LogP) is 2.97. The lowest BCUT2D eigenvalue weighted by Gasteiger charge is -2.35. The Morgan fingerprint density at radius 1 is 1.17 bits per heavy atom. The molecular weight excluding hydrogens is 384 g/mol. The third kappa shape index (κ3) is 3.57. The summed E-state index contributed by atoms with van der Waals surface area (Å²) in [5.41, 5.74) is 5.01. The van der Waals surface area contributed by atoms with Crippen molar-refractivity contribution in [2.24, 2.45) is 9.98 Å². The number of anilines is 1. The highest BCUT2D eigenvalue weighted by Gasteiger charge is 2.35. The molecule has 8 heteroatoms. The molecule has 0 spiro atoms. The largest absolute Gasteiger partial charge is 0.478 e. The van der Waals surface area contributed by atoms with Crippen molar-refractivity contribution < 1.29 is 19.8 Å². The smallest absolute Gasteiger partial charge is 0.345 e. The fraction of sp³-hybridized carbons (Fsp3) is 0.273. The lowest BCUT2D eigenvalue weighted by atomic mass is 10.0. The first-order chi connectivity index (χ1) is 14.3. The van der Waals surface area contributed by atoms with E-state index in [1.165, 1.54) is 0 Å². The number of hydrogen-bond acceptors (Lipinski definition) is 5. The predicted molar refractivity (Wildman–Crippen MR) is 114 cm³/mol. The van der Waals surface area contributed by atoms with Crippen LogP contribution in [0.1, 0.15) is 33.5 Å².